The Bertz CT molecular complexity index is 594. The lowest BCUT2D eigenvalue weighted by atomic mass is 9.91. The number of rotatable bonds is 3. The molecule has 2 aliphatic rings. The number of ether oxygens (including phenoxy) is 1. The van der Waals surface area contributed by atoms with Crippen molar-refractivity contribution in [2.75, 3.05) is 44.3 Å². The fraction of sp³-hybridized carbons (Fsp3) is 0.789. The fourth-order valence-corrected chi connectivity index (χ4v) is 3.48. The molecule has 0 spiro atoms. The quantitative estimate of drug-likeness (QED) is 0.898. The van der Waals surface area contributed by atoms with Gasteiger partial charge in [0.2, 0.25) is 0 Å². The van der Waals surface area contributed by atoms with Gasteiger partial charge in [0.15, 0.2) is 0 Å². The first-order valence-electron chi connectivity index (χ1n) is 9.40. The molecule has 6 heteroatoms. The highest BCUT2D eigenvalue weighted by Crippen LogP contribution is 2.28. The smallest absolute Gasteiger partial charge is 0.133 e. The number of β-amino-alcohol motifs (C(OH)–C–C–N with tert-alkyl or cyclic N) is 1. The van der Waals surface area contributed by atoms with Crippen molar-refractivity contribution in [2.24, 2.45) is 0 Å². The Kier molecular flexibility index (Phi) is 5.32. The van der Waals surface area contributed by atoms with Gasteiger partial charge in [-0.2, -0.15) is 0 Å². The average Bonchev–Trinajstić information content (AvgIpc) is 2.96. The Morgan fingerprint density at radius 3 is 2.44 bits per heavy atom. The molecule has 0 saturated carbocycles. The average molecular weight is 348 g/mol. The van der Waals surface area contributed by atoms with Crippen molar-refractivity contribution in [3.05, 3.63) is 17.6 Å². The molecule has 3 rings (SSSR count). The molecule has 2 atom stereocenters. The van der Waals surface area contributed by atoms with E-state index in [4.69, 9.17) is 14.7 Å². The van der Waals surface area contributed by atoms with Crippen molar-refractivity contribution in [3.63, 3.8) is 0 Å². The summed E-state index contributed by atoms with van der Waals surface area (Å²) in [5, 5.41) is 10.6. The zero-order valence-corrected chi connectivity index (χ0v) is 16.2. The maximum absolute atomic E-state index is 10.6. The summed E-state index contributed by atoms with van der Waals surface area (Å²) in [6.45, 7) is 15.5. The first-order valence-corrected chi connectivity index (χ1v) is 9.40. The molecular weight excluding hydrogens is 316 g/mol. The van der Waals surface area contributed by atoms with Gasteiger partial charge in [-0.25, -0.2) is 9.97 Å². The number of morpholine rings is 1. The Labute approximate surface area is 151 Å². The van der Waals surface area contributed by atoms with Crippen LogP contribution in [0.5, 0.6) is 0 Å². The van der Waals surface area contributed by atoms with Crippen molar-refractivity contribution in [2.45, 2.75) is 58.1 Å². The molecule has 3 heterocycles. The van der Waals surface area contributed by atoms with E-state index >= 15 is 0 Å². The van der Waals surface area contributed by atoms with Crippen LogP contribution in [0.15, 0.2) is 6.07 Å². The van der Waals surface area contributed by atoms with Crippen LogP contribution in [-0.2, 0) is 10.2 Å². The molecule has 0 unspecified atom stereocenters. The largest absolute Gasteiger partial charge is 0.390 e. The van der Waals surface area contributed by atoms with Crippen molar-refractivity contribution >= 4 is 5.82 Å². The predicted molar refractivity (Wildman–Crippen MR) is 99.2 cm³/mol. The van der Waals surface area contributed by atoms with E-state index in [1.54, 1.807) is 0 Å². The topological polar surface area (TPSA) is 61.7 Å². The van der Waals surface area contributed by atoms with E-state index in [9.17, 15) is 5.11 Å². The van der Waals surface area contributed by atoms with Gasteiger partial charge in [-0.05, 0) is 0 Å². The summed E-state index contributed by atoms with van der Waals surface area (Å²) in [6.07, 6.45) is -0.353. The van der Waals surface area contributed by atoms with E-state index in [-0.39, 0.29) is 23.5 Å². The van der Waals surface area contributed by atoms with Gasteiger partial charge in [0.05, 0.1) is 31.1 Å². The summed E-state index contributed by atoms with van der Waals surface area (Å²) in [4.78, 5) is 14.1. The molecule has 0 aliphatic carbocycles. The van der Waals surface area contributed by atoms with Crippen LogP contribution >= 0.6 is 0 Å². The maximum atomic E-state index is 10.6. The van der Waals surface area contributed by atoms with Crippen LogP contribution in [0.4, 0.5) is 5.82 Å². The molecule has 6 nitrogen and oxygen atoms in total. The maximum Gasteiger partial charge on any atom is 0.133 e. The van der Waals surface area contributed by atoms with Crippen LogP contribution in [0.3, 0.4) is 0 Å². The van der Waals surface area contributed by atoms with Gasteiger partial charge in [0.25, 0.3) is 0 Å². The second-order valence-corrected chi connectivity index (χ2v) is 8.56. The normalized spacial score (nSPS) is 25.8. The summed E-state index contributed by atoms with van der Waals surface area (Å²) in [7, 11) is 0. The van der Waals surface area contributed by atoms with Crippen molar-refractivity contribution in [1.82, 2.24) is 14.9 Å². The summed E-state index contributed by atoms with van der Waals surface area (Å²) in [5.41, 5.74) is 1.04. The summed E-state index contributed by atoms with van der Waals surface area (Å²) < 4.78 is 5.44. The molecule has 0 bridgehead atoms. The van der Waals surface area contributed by atoms with Gasteiger partial charge >= 0.3 is 0 Å². The first kappa shape index (κ1) is 18.5. The molecule has 25 heavy (non-hydrogen) atoms. The molecule has 140 valence electrons. The second kappa shape index (κ2) is 7.17. The number of nitrogens with zero attached hydrogens (tertiary/aromatic N) is 4. The monoisotopic (exact) mass is 348 g/mol. The molecule has 1 aromatic rings. The van der Waals surface area contributed by atoms with E-state index in [1.165, 1.54) is 0 Å². The SMILES string of the molecule is CC(C)c1nc(N2C[C@@H](O)[C@H](N3CCOCC3)C2)cc(C(C)(C)C)n1. The molecule has 2 saturated heterocycles. The molecule has 0 aromatic carbocycles. The van der Waals surface area contributed by atoms with Gasteiger partial charge in [-0.3, -0.25) is 4.90 Å². The lowest BCUT2D eigenvalue weighted by Crippen LogP contribution is -2.48. The Morgan fingerprint density at radius 2 is 1.84 bits per heavy atom. The van der Waals surface area contributed by atoms with E-state index in [0.29, 0.717) is 6.54 Å². The summed E-state index contributed by atoms with van der Waals surface area (Å²) in [6, 6.07) is 2.25. The van der Waals surface area contributed by atoms with Crippen molar-refractivity contribution < 1.29 is 9.84 Å². The third-order valence-corrected chi connectivity index (χ3v) is 5.11. The molecule has 0 radical (unpaired) electrons. The van der Waals surface area contributed by atoms with E-state index in [1.807, 2.05) is 0 Å². The Hall–Kier alpha value is -1.24. The zero-order chi connectivity index (χ0) is 18.2. The lowest BCUT2D eigenvalue weighted by molar-refractivity contribution is -0.00588. The number of aromatic nitrogens is 2. The van der Waals surface area contributed by atoms with E-state index in [0.717, 1.165) is 50.2 Å². The standard InChI is InChI=1S/C19H32N4O2/c1-13(2)18-20-16(19(3,4)5)10-17(21-18)23-11-14(15(24)12-23)22-6-8-25-9-7-22/h10,13-15,24H,6-9,11-12H2,1-5H3/t14-,15-/m1/s1. The van der Waals surface area contributed by atoms with Gasteiger partial charge in [0, 0.05) is 43.6 Å². The summed E-state index contributed by atoms with van der Waals surface area (Å²) in [5.74, 6) is 2.11. The van der Waals surface area contributed by atoms with Crippen LogP contribution in [0, 0.1) is 0 Å². The van der Waals surface area contributed by atoms with Gasteiger partial charge in [-0.1, -0.05) is 34.6 Å². The Morgan fingerprint density at radius 1 is 1.16 bits per heavy atom. The first-order chi connectivity index (χ1) is 11.8. The third-order valence-electron chi connectivity index (χ3n) is 5.11. The molecule has 0 amide bonds. The third kappa shape index (κ3) is 4.13. The van der Waals surface area contributed by atoms with Gasteiger partial charge in [-0.15, -0.1) is 0 Å². The lowest BCUT2D eigenvalue weighted by Gasteiger charge is -2.33. The van der Waals surface area contributed by atoms with E-state index < -0.39 is 0 Å². The van der Waals surface area contributed by atoms with E-state index in [2.05, 4.69) is 50.5 Å². The zero-order valence-electron chi connectivity index (χ0n) is 16.2. The number of hydrogen-bond acceptors (Lipinski definition) is 6. The number of hydrogen-bond donors (Lipinski definition) is 1. The highest BCUT2D eigenvalue weighted by Gasteiger charge is 2.37. The minimum absolute atomic E-state index is 0.0245. The van der Waals surface area contributed by atoms with Crippen molar-refractivity contribution in [1.29, 1.82) is 0 Å². The predicted octanol–water partition coefficient (Wildman–Crippen LogP) is 1.78. The number of aliphatic hydroxyl groups excluding tert-OH is 1. The van der Waals surface area contributed by atoms with Gasteiger partial charge < -0.3 is 14.7 Å². The van der Waals surface area contributed by atoms with Crippen molar-refractivity contribution in [3.8, 4) is 0 Å². The van der Waals surface area contributed by atoms with Crippen LogP contribution in [0.25, 0.3) is 0 Å². The van der Waals surface area contributed by atoms with Crippen LogP contribution in [0.2, 0.25) is 0 Å². The number of aliphatic hydroxyl groups is 1. The van der Waals surface area contributed by atoms with Crippen LogP contribution in [-0.4, -0.2) is 71.5 Å². The molecular formula is C19H32N4O2. The summed E-state index contributed by atoms with van der Waals surface area (Å²) >= 11 is 0. The second-order valence-electron chi connectivity index (χ2n) is 8.56. The molecule has 2 aliphatic heterocycles. The highest BCUT2D eigenvalue weighted by atomic mass is 16.5. The van der Waals surface area contributed by atoms with Gasteiger partial charge in [0.1, 0.15) is 11.6 Å². The Balaban J connectivity index is 1.84. The minimum Gasteiger partial charge on any atom is -0.390 e. The molecule has 1 N–H and O–H groups in total. The fourth-order valence-electron chi connectivity index (χ4n) is 3.48. The molecule has 2 fully saturated rings. The van der Waals surface area contributed by atoms with Crippen LogP contribution < -0.4 is 4.90 Å². The van der Waals surface area contributed by atoms with Crippen LogP contribution in [0.1, 0.15) is 52.1 Å². The number of anilines is 1. The highest BCUT2D eigenvalue weighted by molar-refractivity contribution is 5.44. The molecule has 1 aromatic heterocycles. The minimum atomic E-state index is -0.353.